The lowest BCUT2D eigenvalue weighted by Gasteiger charge is -2.09. The summed E-state index contributed by atoms with van der Waals surface area (Å²) >= 11 is 0. The van der Waals surface area contributed by atoms with Crippen LogP contribution < -0.4 is 0 Å². The summed E-state index contributed by atoms with van der Waals surface area (Å²) < 4.78 is 0. The number of nitriles is 1. The molecule has 0 aromatic carbocycles. The van der Waals surface area contributed by atoms with E-state index < -0.39 is 0 Å². The summed E-state index contributed by atoms with van der Waals surface area (Å²) in [4.78, 5) is 0. The predicted molar refractivity (Wildman–Crippen MR) is 42.9 cm³/mol. The Morgan fingerprint density at radius 3 is 2.91 bits per heavy atom. The standard InChI is InChI=1S/C9H11NO/c10-6-9(7-11)8-4-2-1-3-5-8/h4,7,11H,1-3,5H2. The molecule has 0 spiro atoms. The van der Waals surface area contributed by atoms with E-state index in [0.29, 0.717) is 5.57 Å². The first-order valence-corrected chi connectivity index (χ1v) is 3.82. The summed E-state index contributed by atoms with van der Waals surface area (Å²) in [6.07, 6.45) is 7.23. The van der Waals surface area contributed by atoms with Gasteiger partial charge in [-0.1, -0.05) is 6.08 Å². The van der Waals surface area contributed by atoms with Crippen LogP contribution in [-0.2, 0) is 0 Å². The molecule has 0 saturated heterocycles. The van der Waals surface area contributed by atoms with Crippen LogP contribution in [0.25, 0.3) is 0 Å². The van der Waals surface area contributed by atoms with Gasteiger partial charge in [0.2, 0.25) is 0 Å². The van der Waals surface area contributed by atoms with Gasteiger partial charge in [0.25, 0.3) is 0 Å². The predicted octanol–water partition coefficient (Wildman–Crippen LogP) is 2.45. The van der Waals surface area contributed by atoms with Gasteiger partial charge in [0, 0.05) is 0 Å². The van der Waals surface area contributed by atoms with Gasteiger partial charge in [0.05, 0.1) is 11.8 Å². The summed E-state index contributed by atoms with van der Waals surface area (Å²) in [5.41, 5.74) is 1.42. The molecule has 0 heterocycles. The molecule has 0 bridgehead atoms. The Kier molecular flexibility index (Phi) is 2.74. The highest BCUT2D eigenvalue weighted by molar-refractivity contribution is 5.40. The first-order valence-electron chi connectivity index (χ1n) is 3.82. The van der Waals surface area contributed by atoms with Crippen molar-refractivity contribution in [2.45, 2.75) is 25.7 Å². The Balaban J connectivity index is 2.74. The third-order valence-electron chi connectivity index (χ3n) is 1.89. The monoisotopic (exact) mass is 149 g/mol. The van der Waals surface area contributed by atoms with Crippen LogP contribution in [0.3, 0.4) is 0 Å². The van der Waals surface area contributed by atoms with E-state index in [1.807, 2.05) is 12.1 Å². The molecule has 0 saturated carbocycles. The minimum Gasteiger partial charge on any atom is -0.514 e. The van der Waals surface area contributed by atoms with Gasteiger partial charge < -0.3 is 5.11 Å². The maximum Gasteiger partial charge on any atom is 0.103 e. The van der Waals surface area contributed by atoms with Crippen LogP contribution in [0.5, 0.6) is 0 Å². The first-order chi connectivity index (χ1) is 5.38. The van der Waals surface area contributed by atoms with Crippen molar-refractivity contribution in [2.75, 3.05) is 0 Å². The number of allylic oxidation sites excluding steroid dienone is 3. The van der Waals surface area contributed by atoms with E-state index in [0.717, 1.165) is 31.1 Å². The van der Waals surface area contributed by atoms with Crippen LogP contribution in [0, 0.1) is 11.3 Å². The molecule has 1 N–H and O–H groups in total. The van der Waals surface area contributed by atoms with Gasteiger partial charge in [-0.2, -0.15) is 5.26 Å². The zero-order valence-electron chi connectivity index (χ0n) is 6.38. The molecule has 0 aliphatic heterocycles. The van der Waals surface area contributed by atoms with E-state index in [4.69, 9.17) is 10.4 Å². The largest absolute Gasteiger partial charge is 0.514 e. The average molecular weight is 149 g/mol. The number of aliphatic hydroxyl groups excluding tert-OH is 1. The Bertz CT molecular complexity index is 232. The maximum atomic E-state index is 8.65. The lowest BCUT2D eigenvalue weighted by molar-refractivity contribution is 0.469. The van der Waals surface area contributed by atoms with Gasteiger partial charge in [-0.05, 0) is 31.3 Å². The van der Waals surface area contributed by atoms with Crippen LogP contribution in [0.1, 0.15) is 25.7 Å². The minimum absolute atomic E-state index is 0.421. The summed E-state index contributed by atoms with van der Waals surface area (Å²) in [5.74, 6) is 0. The Hall–Kier alpha value is -1.23. The molecule has 1 aliphatic carbocycles. The van der Waals surface area contributed by atoms with Crippen LogP contribution in [0.4, 0.5) is 0 Å². The van der Waals surface area contributed by atoms with E-state index in [1.54, 1.807) is 0 Å². The molecule has 0 atom stereocenters. The van der Waals surface area contributed by atoms with E-state index in [-0.39, 0.29) is 0 Å². The van der Waals surface area contributed by atoms with Crippen molar-refractivity contribution in [3.05, 3.63) is 23.5 Å². The minimum atomic E-state index is 0.421. The van der Waals surface area contributed by atoms with Gasteiger partial charge in [0.1, 0.15) is 6.07 Å². The fourth-order valence-electron chi connectivity index (χ4n) is 1.27. The molecule has 0 amide bonds. The topological polar surface area (TPSA) is 44.0 Å². The number of nitrogens with zero attached hydrogens (tertiary/aromatic N) is 1. The normalized spacial score (nSPS) is 18.8. The molecule has 0 aromatic heterocycles. The van der Waals surface area contributed by atoms with Crippen molar-refractivity contribution >= 4 is 0 Å². The fraction of sp³-hybridized carbons (Fsp3) is 0.444. The highest BCUT2D eigenvalue weighted by Crippen LogP contribution is 2.22. The van der Waals surface area contributed by atoms with Crippen molar-refractivity contribution < 1.29 is 5.11 Å². The fourth-order valence-corrected chi connectivity index (χ4v) is 1.27. The molecule has 11 heavy (non-hydrogen) atoms. The number of aliphatic hydroxyl groups is 1. The second-order valence-corrected chi connectivity index (χ2v) is 2.63. The molecule has 0 unspecified atom stereocenters. The highest BCUT2D eigenvalue weighted by atomic mass is 16.2. The molecule has 0 fully saturated rings. The highest BCUT2D eigenvalue weighted by Gasteiger charge is 2.07. The van der Waals surface area contributed by atoms with E-state index >= 15 is 0 Å². The maximum absolute atomic E-state index is 8.65. The van der Waals surface area contributed by atoms with E-state index in [1.165, 1.54) is 6.42 Å². The lowest BCUT2D eigenvalue weighted by Crippen LogP contribution is -1.94. The average Bonchev–Trinajstić information content (AvgIpc) is 2.09. The third-order valence-corrected chi connectivity index (χ3v) is 1.89. The van der Waals surface area contributed by atoms with Crippen LogP contribution >= 0.6 is 0 Å². The third kappa shape index (κ3) is 1.84. The van der Waals surface area contributed by atoms with Gasteiger partial charge in [-0.3, -0.25) is 0 Å². The molecular weight excluding hydrogens is 138 g/mol. The molecular formula is C9H11NO. The molecule has 1 aliphatic rings. The number of rotatable bonds is 1. The van der Waals surface area contributed by atoms with Gasteiger partial charge in [-0.25, -0.2) is 0 Å². The second kappa shape index (κ2) is 3.82. The molecule has 2 nitrogen and oxygen atoms in total. The number of hydrogen-bond donors (Lipinski definition) is 1. The first kappa shape index (κ1) is 7.87. The Morgan fingerprint density at radius 1 is 1.64 bits per heavy atom. The zero-order chi connectivity index (χ0) is 8.10. The Morgan fingerprint density at radius 2 is 2.45 bits per heavy atom. The van der Waals surface area contributed by atoms with Crippen molar-refractivity contribution in [2.24, 2.45) is 0 Å². The SMILES string of the molecule is N#CC(=CO)C1=CCCCC1. The van der Waals surface area contributed by atoms with Gasteiger partial charge >= 0.3 is 0 Å². The van der Waals surface area contributed by atoms with E-state index in [2.05, 4.69) is 0 Å². The van der Waals surface area contributed by atoms with Crippen molar-refractivity contribution in [3.63, 3.8) is 0 Å². The Labute approximate surface area is 66.5 Å². The molecule has 0 aromatic rings. The zero-order valence-corrected chi connectivity index (χ0v) is 6.38. The molecule has 2 heteroatoms. The van der Waals surface area contributed by atoms with Crippen molar-refractivity contribution in [1.82, 2.24) is 0 Å². The second-order valence-electron chi connectivity index (χ2n) is 2.63. The van der Waals surface area contributed by atoms with Crippen LogP contribution in [0.15, 0.2) is 23.5 Å². The molecule has 0 radical (unpaired) electrons. The number of hydrogen-bond acceptors (Lipinski definition) is 2. The summed E-state index contributed by atoms with van der Waals surface area (Å²) in [6, 6.07) is 1.96. The van der Waals surface area contributed by atoms with Crippen LogP contribution in [-0.4, -0.2) is 5.11 Å². The van der Waals surface area contributed by atoms with E-state index in [9.17, 15) is 0 Å². The van der Waals surface area contributed by atoms with Gasteiger partial charge in [0.15, 0.2) is 0 Å². The van der Waals surface area contributed by atoms with Gasteiger partial charge in [-0.15, -0.1) is 0 Å². The molecule has 1 rings (SSSR count). The lowest BCUT2D eigenvalue weighted by atomic mass is 9.95. The summed E-state index contributed by atoms with van der Waals surface area (Å²) in [7, 11) is 0. The summed E-state index contributed by atoms with van der Waals surface area (Å²) in [5, 5.41) is 17.2. The van der Waals surface area contributed by atoms with Crippen molar-refractivity contribution in [1.29, 1.82) is 5.26 Å². The van der Waals surface area contributed by atoms with Crippen molar-refractivity contribution in [3.8, 4) is 6.07 Å². The smallest absolute Gasteiger partial charge is 0.103 e. The quantitative estimate of drug-likeness (QED) is 0.459. The molecule has 58 valence electrons. The summed E-state index contributed by atoms with van der Waals surface area (Å²) in [6.45, 7) is 0. The van der Waals surface area contributed by atoms with Crippen LogP contribution in [0.2, 0.25) is 0 Å².